The van der Waals surface area contributed by atoms with E-state index < -0.39 is 0 Å². The Labute approximate surface area is 114 Å². The van der Waals surface area contributed by atoms with Gasteiger partial charge in [-0.15, -0.1) is 10.2 Å². The van der Waals surface area contributed by atoms with Crippen molar-refractivity contribution in [2.75, 3.05) is 6.54 Å². The van der Waals surface area contributed by atoms with Crippen LogP contribution in [0.15, 0.2) is 18.6 Å². The van der Waals surface area contributed by atoms with Crippen LogP contribution < -0.4 is 5.73 Å². The smallest absolute Gasteiger partial charge is 0.179 e. The van der Waals surface area contributed by atoms with Crippen LogP contribution >= 0.6 is 0 Å². The van der Waals surface area contributed by atoms with Crippen LogP contribution in [0.1, 0.15) is 39.4 Å². The van der Waals surface area contributed by atoms with Gasteiger partial charge in [-0.05, 0) is 30.7 Å². The first-order valence-corrected chi connectivity index (χ1v) is 6.86. The van der Waals surface area contributed by atoms with Gasteiger partial charge in [-0.2, -0.15) is 0 Å². The Morgan fingerprint density at radius 3 is 2.74 bits per heavy atom. The molecule has 0 spiro atoms. The molecule has 2 rings (SSSR count). The molecule has 0 saturated carbocycles. The van der Waals surface area contributed by atoms with Crippen LogP contribution in [0.4, 0.5) is 0 Å². The lowest BCUT2D eigenvalue weighted by Gasteiger charge is -2.30. The maximum absolute atomic E-state index is 5.72. The van der Waals surface area contributed by atoms with Crippen molar-refractivity contribution >= 4 is 5.65 Å². The maximum atomic E-state index is 5.72. The monoisotopic (exact) mass is 261 g/mol. The van der Waals surface area contributed by atoms with Gasteiger partial charge in [0, 0.05) is 18.8 Å². The van der Waals surface area contributed by atoms with Gasteiger partial charge in [-0.25, -0.2) is 0 Å². The molecule has 2 aromatic rings. The third-order valence-electron chi connectivity index (χ3n) is 3.74. The molecule has 0 aliphatic carbocycles. The van der Waals surface area contributed by atoms with Crippen LogP contribution in [0.2, 0.25) is 0 Å². The van der Waals surface area contributed by atoms with E-state index in [-0.39, 0.29) is 5.41 Å². The highest BCUT2D eigenvalue weighted by Crippen LogP contribution is 2.31. The van der Waals surface area contributed by atoms with Gasteiger partial charge in [-0.1, -0.05) is 20.8 Å². The molecule has 0 aliphatic rings. The average molecular weight is 261 g/mol. The molecule has 1 atom stereocenters. The van der Waals surface area contributed by atoms with Crippen molar-refractivity contribution < 1.29 is 0 Å². The molecule has 1 unspecified atom stereocenters. The van der Waals surface area contributed by atoms with Gasteiger partial charge < -0.3 is 5.73 Å². The molecule has 2 aromatic heterocycles. The molecule has 2 heterocycles. The molecule has 2 N–H and O–H groups in total. The molecule has 0 radical (unpaired) electrons. The van der Waals surface area contributed by atoms with E-state index >= 15 is 0 Å². The lowest BCUT2D eigenvalue weighted by atomic mass is 9.76. The van der Waals surface area contributed by atoms with Crippen LogP contribution in [-0.2, 0) is 6.42 Å². The van der Waals surface area contributed by atoms with Gasteiger partial charge in [0.2, 0.25) is 0 Å². The Balaban J connectivity index is 2.08. The fraction of sp³-hybridized carbons (Fsp3) is 0.643. The van der Waals surface area contributed by atoms with Crippen LogP contribution in [0.3, 0.4) is 0 Å². The Bertz CT molecular complexity index is 526. The number of aryl methyl sites for hydroxylation is 1. The zero-order valence-electron chi connectivity index (χ0n) is 12.0. The van der Waals surface area contributed by atoms with Crippen molar-refractivity contribution in [3.05, 3.63) is 24.4 Å². The molecular formula is C14H23N5. The number of aromatic nitrogens is 4. The van der Waals surface area contributed by atoms with Crippen LogP contribution in [0.5, 0.6) is 0 Å². The number of hydrogen-bond donors (Lipinski definition) is 1. The summed E-state index contributed by atoms with van der Waals surface area (Å²) in [6.07, 6.45) is 8.48. The number of hydrogen-bond acceptors (Lipinski definition) is 4. The van der Waals surface area contributed by atoms with E-state index in [1.54, 1.807) is 12.4 Å². The lowest BCUT2D eigenvalue weighted by molar-refractivity contribution is 0.214. The summed E-state index contributed by atoms with van der Waals surface area (Å²) >= 11 is 0. The van der Waals surface area contributed by atoms with E-state index in [9.17, 15) is 0 Å². The van der Waals surface area contributed by atoms with Gasteiger partial charge in [0.1, 0.15) is 5.82 Å². The minimum Gasteiger partial charge on any atom is -0.330 e. The molecule has 0 fully saturated rings. The third kappa shape index (κ3) is 3.29. The van der Waals surface area contributed by atoms with E-state index in [1.165, 1.54) is 0 Å². The van der Waals surface area contributed by atoms with E-state index in [0.29, 0.717) is 5.92 Å². The fourth-order valence-corrected chi connectivity index (χ4v) is 2.49. The number of fused-ring (bicyclic) bond motifs is 1. The van der Waals surface area contributed by atoms with E-state index in [4.69, 9.17) is 5.73 Å². The first-order chi connectivity index (χ1) is 9.02. The molecule has 104 valence electrons. The summed E-state index contributed by atoms with van der Waals surface area (Å²) in [5.74, 6) is 1.61. The van der Waals surface area contributed by atoms with Crippen molar-refractivity contribution in [2.45, 2.75) is 40.0 Å². The van der Waals surface area contributed by atoms with Gasteiger partial charge in [0.25, 0.3) is 0 Å². The highest BCUT2D eigenvalue weighted by Gasteiger charge is 2.24. The van der Waals surface area contributed by atoms with Gasteiger partial charge in [0.05, 0.1) is 6.20 Å². The summed E-state index contributed by atoms with van der Waals surface area (Å²) in [5, 5.41) is 8.38. The van der Waals surface area contributed by atoms with E-state index in [1.807, 2.05) is 10.6 Å². The molecule has 0 aromatic carbocycles. The Morgan fingerprint density at radius 1 is 1.26 bits per heavy atom. The van der Waals surface area contributed by atoms with Gasteiger partial charge in [-0.3, -0.25) is 9.38 Å². The van der Waals surface area contributed by atoms with Crippen molar-refractivity contribution in [2.24, 2.45) is 17.1 Å². The van der Waals surface area contributed by atoms with Crippen LogP contribution in [0.25, 0.3) is 5.65 Å². The quantitative estimate of drug-likeness (QED) is 0.894. The fourth-order valence-electron chi connectivity index (χ4n) is 2.49. The van der Waals surface area contributed by atoms with Crippen molar-refractivity contribution in [1.82, 2.24) is 19.6 Å². The summed E-state index contributed by atoms with van der Waals surface area (Å²) < 4.78 is 2.01. The van der Waals surface area contributed by atoms with Gasteiger partial charge >= 0.3 is 0 Å². The first kappa shape index (κ1) is 13.9. The summed E-state index contributed by atoms with van der Waals surface area (Å²) in [6, 6.07) is 0. The number of nitrogens with two attached hydrogens (primary N) is 1. The first-order valence-electron chi connectivity index (χ1n) is 6.86. The Hall–Kier alpha value is -1.49. The lowest BCUT2D eigenvalue weighted by Crippen LogP contribution is -2.24. The zero-order chi connectivity index (χ0) is 13.9. The second-order valence-corrected chi connectivity index (χ2v) is 6.10. The molecule has 5 heteroatoms. The maximum Gasteiger partial charge on any atom is 0.179 e. The summed E-state index contributed by atoms with van der Waals surface area (Å²) in [5.41, 5.74) is 6.81. The normalized spacial score (nSPS) is 13.9. The molecular weight excluding hydrogens is 238 g/mol. The molecule has 0 amide bonds. The Morgan fingerprint density at radius 2 is 2.05 bits per heavy atom. The Kier molecular flexibility index (Phi) is 4.14. The van der Waals surface area contributed by atoms with E-state index in [2.05, 4.69) is 36.0 Å². The van der Waals surface area contributed by atoms with Crippen LogP contribution in [0, 0.1) is 11.3 Å². The third-order valence-corrected chi connectivity index (χ3v) is 3.74. The molecule has 5 nitrogen and oxygen atoms in total. The van der Waals surface area contributed by atoms with Gasteiger partial charge in [0.15, 0.2) is 5.65 Å². The SMILES string of the molecule is CC(C)(C)C(CCN)CCc1nnc2cnccn12. The van der Waals surface area contributed by atoms with E-state index in [0.717, 1.165) is 37.3 Å². The molecule has 19 heavy (non-hydrogen) atoms. The summed E-state index contributed by atoms with van der Waals surface area (Å²) in [4.78, 5) is 4.05. The second-order valence-electron chi connectivity index (χ2n) is 6.10. The summed E-state index contributed by atoms with van der Waals surface area (Å²) in [6.45, 7) is 7.57. The summed E-state index contributed by atoms with van der Waals surface area (Å²) in [7, 11) is 0. The zero-order valence-corrected chi connectivity index (χ0v) is 12.0. The predicted molar refractivity (Wildman–Crippen MR) is 75.7 cm³/mol. The number of rotatable bonds is 5. The minimum atomic E-state index is 0.279. The minimum absolute atomic E-state index is 0.279. The topological polar surface area (TPSA) is 69.1 Å². The predicted octanol–water partition coefficient (Wildman–Crippen LogP) is 2.07. The molecule has 0 bridgehead atoms. The molecule has 0 saturated heterocycles. The standard InChI is InChI=1S/C14H23N5/c1-14(2,3)11(6-7-15)4-5-12-17-18-13-10-16-8-9-19(12)13/h8-11H,4-7,15H2,1-3H3. The highest BCUT2D eigenvalue weighted by atomic mass is 15.2. The van der Waals surface area contributed by atoms with Crippen molar-refractivity contribution in [3.63, 3.8) is 0 Å². The highest BCUT2D eigenvalue weighted by molar-refractivity contribution is 5.33. The molecule has 0 aliphatic heterocycles. The van der Waals surface area contributed by atoms with Crippen LogP contribution in [-0.4, -0.2) is 26.1 Å². The van der Waals surface area contributed by atoms with Crippen molar-refractivity contribution in [1.29, 1.82) is 0 Å². The number of nitrogens with zero attached hydrogens (tertiary/aromatic N) is 4. The average Bonchev–Trinajstić information content (AvgIpc) is 2.76. The van der Waals surface area contributed by atoms with Crippen molar-refractivity contribution in [3.8, 4) is 0 Å². The second kappa shape index (κ2) is 5.65. The largest absolute Gasteiger partial charge is 0.330 e.